The van der Waals surface area contributed by atoms with Crippen LogP contribution < -0.4 is 0 Å². The van der Waals surface area contributed by atoms with Gasteiger partial charge in [-0.3, -0.25) is 9.59 Å². The maximum absolute atomic E-state index is 13.0. The molecule has 28 heavy (non-hydrogen) atoms. The highest BCUT2D eigenvalue weighted by atomic mass is 32.1. The molecule has 1 aliphatic rings. The summed E-state index contributed by atoms with van der Waals surface area (Å²) in [4.78, 5) is 30.1. The van der Waals surface area contributed by atoms with Crippen LogP contribution in [-0.4, -0.2) is 61.5 Å². The van der Waals surface area contributed by atoms with Gasteiger partial charge in [0.1, 0.15) is 6.61 Å². The highest BCUT2D eigenvalue weighted by molar-refractivity contribution is 7.13. The number of benzene rings is 1. The van der Waals surface area contributed by atoms with Crippen molar-refractivity contribution in [3.8, 4) is 10.4 Å². The summed E-state index contributed by atoms with van der Waals surface area (Å²) < 4.78 is 5.00. The lowest BCUT2D eigenvalue weighted by atomic mass is 9.96. The maximum Gasteiger partial charge on any atom is 0.248 e. The predicted molar refractivity (Wildman–Crippen MR) is 112 cm³/mol. The standard InChI is InChI=1S/C22H26N2O3S/c1-3-10-23-11-12-24(21(25)16-27-2)15-19(22(23)26)14-17-6-8-18(9-7-17)20-5-4-13-28-20/h3-9,13,19H,1,10-12,14-16H2,2H3/t19-/m0/s1. The van der Waals surface area contributed by atoms with E-state index in [0.717, 1.165) is 5.56 Å². The summed E-state index contributed by atoms with van der Waals surface area (Å²) in [7, 11) is 1.51. The smallest absolute Gasteiger partial charge is 0.248 e. The molecule has 1 atom stereocenters. The summed E-state index contributed by atoms with van der Waals surface area (Å²) in [6, 6.07) is 12.5. The van der Waals surface area contributed by atoms with E-state index in [4.69, 9.17) is 4.74 Å². The molecular weight excluding hydrogens is 372 g/mol. The number of thiophene rings is 1. The van der Waals surface area contributed by atoms with Crippen molar-refractivity contribution in [1.82, 2.24) is 9.80 Å². The quantitative estimate of drug-likeness (QED) is 0.674. The van der Waals surface area contributed by atoms with Gasteiger partial charge in [0.15, 0.2) is 0 Å². The Morgan fingerprint density at radius 3 is 2.71 bits per heavy atom. The number of nitrogens with zero attached hydrogens (tertiary/aromatic N) is 2. The van der Waals surface area contributed by atoms with Crippen molar-refractivity contribution in [2.45, 2.75) is 6.42 Å². The van der Waals surface area contributed by atoms with Gasteiger partial charge in [0.25, 0.3) is 0 Å². The third-order valence-electron chi connectivity index (χ3n) is 4.95. The average molecular weight is 399 g/mol. The van der Waals surface area contributed by atoms with Crippen molar-refractivity contribution >= 4 is 23.2 Å². The molecule has 148 valence electrons. The fourth-order valence-electron chi connectivity index (χ4n) is 3.51. The van der Waals surface area contributed by atoms with Crippen LogP contribution in [0.5, 0.6) is 0 Å². The summed E-state index contributed by atoms with van der Waals surface area (Å²) in [5.41, 5.74) is 2.27. The highest BCUT2D eigenvalue weighted by Crippen LogP contribution is 2.26. The van der Waals surface area contributed by atoms with E-state index in [-0.39, 0.29) is 24.3 Å². The first kappa shape index (κ1) is 20.3. The van der Waals surface area contributed by atoms with Gasteiger partial charge in [0, 0.05) is 38.2 Å². The number of hydrogen-bond acceptors (Lipinski definition) is 4. The Labute approximate surface area is 170 Å². The van der Waals surface area contributed by atoms with Crippen molar-refractivity contribution < 1.29 is 14.3 Å². The fraction of sp³-hybridized carbons (Fsp3) is 0.364. The molecular formula is C22H26N2O3S. The Hall–Kier alpha value is -2.44. The minimum atomic E-state index is -0.268. The van der Waals surface area contributed by atoms with Gasteiger partial charge in [0.2, 0.25) is 11.8 Å². The lowest BCUT2D eigenvalue weighted by Crippen LogP contribution is -2.39. The lowest BCUT2D eigenvalue weighted by Gasteiger charge is -2.23. The first-order chi connectivity index (χ1) is 13.6. The molecule has 0 unspecified atom stereocenters. The van der Waals surface area contributed by atoms with Crippen LogP contribution in [0.2, 0.25) is 0 Å². The normalized spacial score (nSPS) is 17.5. The van der Waals surface area contributed by atoms with E-state index < -0.39 is 0 Å². The van der Waals surface area contributed by atoms with E-state index in [2.05, 4.69) is 42.3 Å². The van der Waals surface area contributed by atoms with Crippen molar-refractivity contribution in [2.75, 3.05) is 39.9 Å². The minimum absolute atomic E-state index is 0.0396. The molecule has 5 nitrogen and oxygen atoms in total. The van der Waals surface area contributed by atoms with Gasteiger partial charge in [-0.2, -0.15) is 0 Å². The maximum atomic E-state index is 13.0. The Bertz CT molecular complexity index is 802. The fourth-order valence-corrected chi connectivity index (χ4v) is 4.24. The summed E-state index contributed by atoms with van der Waals surface area (Å²) in [6.45, 7) is 5.75. The lowest BCUT2D eigenvalue weighted by molar-refractivity contribution is -0.136. The molecule has 3 rings (SSSR count). The van der Waals surface area contributed by atoms with E-state index in [1.165, 1.54) is 17.6 Å². The largest absolute Gasteiger partial charge is 0.375 e. The van der Waals surface area contributed by atoms with Gasteiger partial charge in [-0.1, -0.05) is 36.4 Å². The van der Waals surface area contributed by atoms with Crippen LogP contribution in [0, 0.1) is 5.92 Å². The first-order valence-corrected chi connectivity index (χ1v) is 10.3. The van der Waals surface area contributed by atoms with Crippen LogP contribution in [0.1, 0.15) is 5.56 Å². The van der Waals surface area contributed by atoms with E-state index >= 15 is 0 Å². The molecule has 6 heteroatoms. The van der Waals surface area contributed by atoms with Crippen LogP contribution >= 0.6 is 11.3 Å². The number of amides is 2. The summed E-state index contributed by atoms with van der Waals surface area (Å²) in [5.74, 6) is -0.264. The summed E-state index contributed by atoms with van der Waals surface area (Å²) in [5, 5.41) is 2.06. The van der Waals surface area contributed by atoms with E-state index in [9.17, 15) is 9.59 Å². The number of ether oxygens (including phenoxy) is 1. The van der Waals surface area contributed by atoms with Gasteiger partial charge in [0.05, 0.1) is 5.92 Å². The third-order valence-corrected chi connectivity index (χ3v) is 5.87. The Kier molecular flexibility index (Phi) is 7.01. The number of rotatable bonds is 7. The third kappa shape index (κ3) is 4.88. The van der Waals surface area contributed by atoms with E-state index in [1.807, 2.05) is 6.07 Å². The van der Waals surface area contributed by atoms with Crippen molar-refractivity contribution in [2.24, 2.45) is 5.92 Å². The zero-order valence-electron chi connectivity index (χ0n) is 16.2. The van der Waals surface area contributed by atoms with Gasteiger partial charge < -0.3 is 14.5 Å². The number of methoxy groups -OCH3 is 1. The summed E-state index contributed by atoms with van der Waals surface area (Å²) >= 11 is 1.71. The SMILES string of the molecule is C=CCN1CCN(C(=O)COC)C[C@H](Cc2ccc(-c3cccs3)cc2)C1=O. The van der Waals surface area contributed by atoms with Gasteiger partial charge >= 0.3 is 0 Å². The molecule has 1 fully saturated rings. The molecule has 0 N–H and O–H groups in total. The molecule has 1 saturated heterocycles. The second-order valence-electron chi connectivity index (χ2n) is 6.92. The first-order valence-electron chi connectivity index (χ1n) is 9.41. The van der Waals surface area contributed by atoms with Crippen LogP contribution in [-0.2, 0) is 20.7 Å². The molecule has 0 radical (unpaired) electrons. The van der Waals surface area contributed by atoms with Crippen LogP contribution in [0.25, 0.3) is 10.4 Å². The van der Waals surface area contributed by atoms with Crippen molar-refractivity contribution in [3.05, 3.63) is 60.0 Å². The van der Waals surface area contributed by atoms with Gasteiger partial charge in [-0.15, -0.1) is 17.9 Å². The topological polar surface area (TPSA) is 49.9 Å². The van der Waals surface area contributed by atoms with Crippen molar-refractivity contribution in [1.29, 1.82) is 0 Å². The molecule has 1 aromatic heterocycles. The molecule has 1 aliphatic heterocycles. The molecule has 2 aromatic rings. The minimum Gasteiger partial charge on any atom is -0.375 e. The molecule has 2 amide bonds. The van der Waals surface area contributed by atoms with Crippen LogP contribution in [0.3, 0.4) is 0 Å². The zero-order valence-corrected chi connectivity index (χ0v) is 17.0. The van der Waals surface area contributed by atoms with Gasteiger partial charge in [-0.05, 0) is 29.0 Å². The second kappa shape index (κ2) is 9.66. The molecule has 0 saturated carbocycles. The number of hydrogen-bond donors (Lipinski definition) is 0. The monoisotopic (exact) mass is 398 g/mol. The zero-order chi connectivity index (χ0) is 19.9. The number of carbonyl (C=O) groups excluding carboxylic acids is 2. The van der Waals surface area contributed by atoms with Crippen LogP contribution in [0.15, 0.2) is 54.4 Å². The van der Waals surface area contributed by atoms with Gasteiger partial charge in [-0.25, -0.2) is 0 Å². The number of carbonyl (C=O) groups is 2. The Balaban J connectivity index is 1.76. The molecule has 1 aromatic carbocycles. The highest BCUT2D eigenvalue weighted by Gasteiger charge is 2.31. The molecule has 0 aliphatic carbocycles. The van der Waals surface area contributed by atoms with Crippen molar-refractivity contribution in [3.63, 3.8) is 0 Å². The second-order valence-corrected chi connectivity index (χ2v) is 7.87. The Morgan fingerprint density at radius 2 is 2.07 bits per heavy atom. The average Bonchev–Trinajstić information content (AvgIpc) is 3.19. The molecule has 0 spiro atoms. The van der Waals surface area contributed by atoms with E-state index in [0.29, 0.717) is 32.6 Å². The predicted octanol–water partition coefficient (Wildman–Crippen LogP) is 3.08. The molecule has 0 bridgehead atoms. The van der Waals surface area contributed by atoms with Crippen LogP contribution in [0.4, 0.5) is 0 Å². The van der Waals surface area contributed by atoms with E-state index in [1.54, 1.807) is 27.2 Å². The summed E-state index contributed by atoms with van der Waals surface area (Å²) in [6.07, 6.45) is 2.34. The Morgan fingerprint density at radius 1 is 1.29 bits per heavy atom. The molecule has 2 heterocycles.